The summed E-state index contributed by atoms with van der Waals surface area (Å²) in [5.74, 6) is -2.23. The number of nitrogens with one attached hydrogen (secondary N) is 2. The molecule has 1 aromatic carbocycles. The van der Waals surface area contributed by atoms with Gasteiger partial charge in [-0.05, 0) is 19.1 Å². The molecule has 1 aliphatic rings. The molecule has 0 bridgehead atoms. The van der Waals surface area contributed by atoms with Crippen molar-refractivity contribution in [1.29, 1.82) is 0 Å². The number of hydrogen-bond donors (Lipinski definition) is 2. The molecule has 5 nitrogen and oxygen atoms in total. The number of benzene rings is 1. The molecule has 1 aliphatic heterocycles. The van der Waals surface area contributed by atoms with Gasteiger partial charge < -0.3 is 15.5 Å². The molecular formula is C16H21F2N3O2. The summed E-state index contributed by atoms with van der Waals surface area (Å²) in [6.07, 6.45) is -0.179. The minimum absolute atomic E-state index is 0.000282. The van der Waals surface area contributed by atoms with E-state index in [1.807, 2.05) is 6.92 Å². The summed E-state index contributed by atoms with van der Waals surface area (Å²) in [7, 11) is 0. The minimum Gasteiger partial charge on any atom is -0.349 e. The number of hydrogen-bond acceptors (Lipinski definition) is 3. The van der Waals surface area contributed by atoms with Gasteiger partial charge in [0, 0.05) is 38.2 Å². The maximum absolute atomic E-state index is 14.0. The Hall–Kier alpha value is -2.02. The molecule has 23 heavy (non-hydrogen) atoms. The lowest BCUT2D eigenvalue weighted by atomic mass is 10.0. The SMILES string of the molecule is CC(=O)NC(CC(=O)N1CCNC[C@H]1C)c1c(F)cccc1F. The van der Waals surface area contributed by atoms with E-state index < -0.39 is 23.6 Å². The Morgan fingerprint density at radius 1 is 1.39 bits per heavy atom. The standard InChI is InChI=1S/C16H21F2N3O2/c1-10-9-19-6-7-21(10)15(23)8-14(20-11(2)22)16-12(17)4-3-5-13(16)18/h3-5,10,14,19H,6-9H2,1-2H3,(H,20,22)/t10-,14?/m1/s1. The van der Waals surface area contributed by atoms with E-state index in [0.29, 0.717) is 19.6 Å². The van der Waals surface area contributed by atoms with E-state index in [9.17, 15) is 18.4 Å². The highest BCUT2D eigenvalue weighted by atomic mass is 19.1. The zero-order valence-electron chi connectivity index (χ0n) is 13.2. The number of halogens is 2. The first-order valence-corrected chi connectivity index (χ1v) is 7.61. The van der Waals surface area contributed by atoms with E-state index in [-0.39, 0.29) is 23.9 Å². The molecule has 0 radical (unpaired) electrons. The molecule has 2 rings (SSSR count). The second-order valence-electron chi connectivity index (χ2n) is 5.73. The lowest BCUT2D eigenvalue weighted by Gasteiger charge is -2.35. The van der Waals surface area contributed by atoms with Gasteiger partial charge in [0.2, 0.25) is 11.8 Å². The molecule has 0 spiro atoms. The Labute approximate surface area is 134 Å². The summed E-state index contributed by atoms with van der Waals surface area (Å²) >= 11 is 0. The fourth-order valence-corrected chi connectivity index (χ4v) is 2.82. The minimum atomic E-state index is -1.02. The molecule has 7 heteroatoms. The van der Waals surface area contributed by atoms with Crippen molar-refractivity contribution >= 4 is 11.8 Å². The van der Waals surface area contributed by atoms with Crippen molar-refractivity contribution < 1.29 is 18.4 Å². The van der Waals surface area contributed by atoms with Crippen LogP contribution >= 0.6 is 0 Å². The molecule has 2 atom stereocenters. The molecule has 1 fully saturated rings. The van der Waals surface area contributed by atoms with Crippen LogP contribution in [0.5, 0.6) is 0 Å². The number of carbonyl (C=O) groups excluding carboxylic acids is 2. The fraction of sp³-hybridized carbons (Fsp3) is 0.500. The number of amides is 2. The van der Waals surface area contributed by atoms with E-state index >= 15 is 0 Å². The van der Waals surface area contributed by atoms with E-state index in [2.05, 4.69) is 10.6 Å². The Bertz CT molecular complexity index is 574. The van der Waals surface area contributed by atoms with Crippen LogP contribution in [0.2, 0.25) is 0 Å². The number of carbonyl (C=O) groups is 2. The molecule has 126 valence electrons. The Morgan fingerprint density at radius 3 is 2.61 bits per heavy atom. The fourth-order valence-electron chi connectivity index (χ4n) is 2.82. The number of piperazine rings is 1. The maximum atomic E-state index is 14.0. The van der Waals surface area contributed by atoms with E-state index in [1.54, 1.807) is 4.90 Å². The molecule has 1 heterocycles. The summed E-state index contributed by atoms with van der Waals surface area (Å²) in [6.45, 7) is 5.04. The normalized spacial score (nSPS) is 19.3. The van der Waals surface area contributed by atoms with E-state index in [4.69, 9.17) is 0 Å². The summed E-state index contributed by atoms with van der Waals surface area (Å²) in [5.41, 5.74) is -0.279. The van der Waals surface area contributed by atoms with Crippen LogP contribution in [0, 0.1) is 11.6 Å². The van der Waals surface area contributed by atoms with Gasteiger partial charge >= 0.3 is 0 Å². The van der Waals surface area contributed by atoms with Crippen LogP contribution in [-0.2, 0) is 9.59 Å². The van der Waals surface area contributed by atoms with Gasteiger partial charge in [0.05, 0.1) is 12.5 Å². The number of rotatable bonds is 4. The highest BCUT2D eigenvalue weighted by Crippen LogP contribution is 2.24. The van der Waals surface area contributed by atoms with Gasteiger partial charge in [0.1, 0.15) is 11.6 Å². The number of nitrogens with zero attached hydrogens (tertiary/aromatic N) is 1. The van der Waals surface area contributed by atoms with Crippen molar-refractivity contribution in [1.82, 2.24) is 15.5 Å². The molecule has 0 aliphatic carbocycles. The molecule has 2 amide bonds. The Morgan fingerprint density at radius 2 is 2.04 bits per heavy atom. The molecule has 0 saturated carbocycles. The van der Waals surface area contributed by atoms with Crippen LogP contribution in [0.4, 0.5) is 8.78 Å². The lowest BCUT2D eigenvalue weighted by Crippen LogP contribution is -2.52. The summed E-state index contributed by atoms with van der Waals surface area (Å²) < 4.78 is 28.0. The Balaban J connectivity index is 2.22. The van der Waals surface area contributed by atoms with Crippen LogP contribution in [0.3, 0.4) is 0 Å². The van der Waals surface area contributed by atoms with Gasteiger partial charge in [-0.1, -0.05) is 6.07 Å². The third kappa shape index (κ3) is 4.25. The van der Waals surface area contributed by atoms with Gasteiger partial charge in [-0.15, -0.1) is 0 Å². The smallest absolute Gasteiger partial charge is 0.225 e. The van der Waals surface area contributed by atoms with Crippen LogP contribution in [0.25, 0.3) is 0 Å². The molecule has 1 aromatic rings. The zero-order valence-corrected chi connectivity index (χ0v) is 13.2. The van der Waals surface area contributed by atoms with E-state index in [0.717, 1.165) is 12.1 Å². The zero-order chi connectivity index (χ0) is 17.0. The third-order valence-electron chi connectivity index (χ3n) is 3.93. The van der Waals surface area contributed by atoms with Crippen LogP contribution in [0.1, 0.15) is 31.9 Å². The quantitative estimate of drug-likeness (QED) is 0.878. The predicted molar refractivity (Wildman–Crippen MR) is 81.6 cm³/mol. The van der Waals surface area contributed by atoms with Crippen LogP contribution in [0.15, 0.2) is 18.2 Å². The summed E-state index contributed by atoms with van der Waals surface area (Å²) in [4.78, 5) is 25.6. The van der Waals surface area contributed by atoms with Crippen molar-refractivity contribution in [2.45, 2.75) is 32.4 Å². The van der Waals surface area contributed by atoms with Crippen molar-refractivity contribution in [2.24, 2.45) is 0 Å². The Kier molecular flexibility index (Phi) is 5.65. The van der Waals surface area contributed by atoms with Gasteiger partial charge in [-0.3, -0.25) is 9.59 Å². The highest BCUT2D eigenvalue weighted by Gasteiger charge is 2.29. The van der Waals surface area contributed by atoms with Gasteiger partial charge in [-0.2, -0.15) is 0 Å². The second-order valence-corrected chi connectivity index (χ2v) is 5.73. The van der Waals surface area contributed by atoms with Crippen molar-refractivity contribution in [3.8, 4) is 0 Å². The second kappa shape index (κ2) is 7.50. The molecule has 1 saturated heterocycles. The van der Waals surface area contributed by atoms with Crippen LogP contribution < -0.4 is 10.6 Å². The van der Waals surface area contributed by atoms with Crippen molar-refractivity contribution in [3.05, 3.63) is 35.4 Å². The summed E-state index contributed by atoms with van der Waals surface area (Å²) in [6, 6.07) is 2.46. The first-order chi connectivity index (χ1) is 10.9. The first-order valence-electron chi connectivity index (χ1n) is 7.61. The van der Waals surface area contributed by atoms with E-state index in [1.165, 1.54) is 13.0 Å². The largest absolute Gasteiger partial charge is 0.349 e. The molecule has 1 unspecified atom stereocenters. The first kappa shape index (κ1) is 17.3. The lowest BCUT2D eigenvalue weighted by molar-refractivity contribution is -0.134. The predicted octanol–water partition coefficient (Wildman–Crippen LogP) is 1.35. The van der Waals surface area contributed by atoms with Crippen molar-refractivity contribution in [3.63, 3.8) is 0 Å². The monoisotopic (exact) mass is 325 g/mol. The summed E-state index contributed by atoms with van der Waals surface area (Å²) in [5, 5.41) is 5.65. The topological polar surface area (TPSA) is 61.4 Å². The average molecular weight is 325 g/mol. The van der Waals surface area contributed by atoms with Gasteiger partial charge in [0.25, 0.3) is 0 Å². The highest BCUT2D eigenvalue weighted by molar-refractivity contribution is 5.79. The molecular weight excluding hydrogens is 304 g/mol. The average Bonchev–Trinajstić information content (AvgIpc) is 2.46. The van der Waals surface area contributed by atoms with Crippen molar-refractivity contribution in [2.75, 3.05) is 19.6 Å². The third-order valence-corrected chi connectivity index (χ3v) is 3.93. The van der Waals surface area contributed by atoms with Gasteiger partial charge in [-0.25, -0.2) is 8.78 Å². The molecule has 2 N–H and O–H groups in total. The van der Waals surface area contributed by atoms with Crippen LogP contribution in [-0.4, -0.2) is 42.4 Å². The maximum Gasteiger partial charge on any atom is 0.225 e. The molecule has 0 aromatic heterocycles. The van der Waals surface area contributed by atoms with Gasteiger partial charge in [0.15, 0.2) is 0 Å².